The quantitative estimate of drug-likeness (QED) is 0.835. The molecule has 0 bridgehead atoms. The van der Waals surface area contributed by atoms with Crippen molar-refractivity contribution in [1.29, 1.82) is 0 Å². The molecule has 1 aromatic carbocycles. The number of hydrogen-bond acceptors (Lipinski definition) is 5. The summed E-state index contributed by atoms with van der Waals surface area (Å²) in [4.78, 5) is 19.7. The normalized spacial score (nSPS) is 11.3. The molecule has 2 N–H and O–H groups in total. The Labute approximate surface area is 141 Å². The average molecular weight is 348 g/mol. The van der Waals surface area contributed by atoms with Gasteiger partial charge in [0.1, 0.15) is 0 Å². The number of hydrogen-bond donors (Lipinski definition) is 2. The largest absolute Gasteiger partial charge is 0.326 e. The third-order valence-electron chi connectivity index (χ3n) is 3.06. The Morgan fingerprint density at radius 1 is 1.17 bits per heavy atom. The van der Waals surface area contributed by atoms with E-state index in [0.29, 0.717) is 17.8 Å². The monoisotopic (exact) mass is 348 g/mol. The minimum Gasteiger partial charge on any atom is -0.326 e. The van der Waals surface area contributed by atoms with E-state index < -0.39 is 10.0 Å². The predicted octanol–water partition coefficient (Wildman–Crippen LogP) is 2.57. The van der Waals surface area contributed by atoms with E-state index in [4.69, 9.17) is 0 Å². The molecule has 0 atom stereocenters. The van der Waals surface area contributed by atoms with Crippen molar-refractivity contribution in [2.75, 3.05) is 10.0 Å². The topological polar surface area (TPSA) is 101 Å². The highest BCUT2D eigenvalue weighted by Gasteiger charge is 2.16. The Morgan fingerprint density at radius 3 is 2.42 bits per heavy atom. The fourth-order valence-corrected chi connectivity index (χ4v) is 2.93. The maximum atomic E-state index is 12.3. The lowest BCUT2D eigenvalue weighted by Gasteiger charge is -2.09. The molecule has 0 aliphatic heterocycles. The summed E-state index contributed by atoms with van der Waals surface area (Å²) in [6.45, 7) is 5.65. The van der Waals surface area contributed by atoms with Gasteiger partial charge >= 0.3 is 0 Å². The minimum atomic E-state index is -3.78. The SMILES string of the molecule is Cc1ccnc(NS(=O)(=O)c2ccc(NC(=O)CC(C)C)cc2)n1. The predicted molar refractivity (Wildman–Crippen MR) is 92.1 cm³/mol. The van der Waals surface area contributed by atoms with Gasteiger partial charge in [0, 0.05) is 24.0 Å². The molecule has 7 nitrogen and oxygen atoms in total. The molecule has 0 fully saturated rings. The van der Waals surface area contributed by atoms with E-state index in [-0.39, 0.29) is 22.7 Å². The average Bonchev–Trinajstić information content (AvgIpc) is 2.46. The second-order valence-corrected chi connectivity index (χ2v) is 7.48. The van der Waals surface area contributed by atoms with Crippen LogP contribution in [0.4, 0.5) is 11.6 Å². The van der Waals surface area contributed by atoms with Crippen molar-refractivity contribution >= 4 is 27.6 Å². The molecule has 0 aliphatic carbocycles. The Balaban J connectivity index is 2.10. The summed E-state index contributed by atoms with van der Waals surface area (Å²) in [6.07, 6.45) is 1.89. The van der Waals surface area contributed by atoms with E-state index in [1.54, 1.807) is 25.1 Å². The number of anilines is 2. The van der Waals surface area contributed by atoms with Crippen LogP contribution >= 0.6 is 0 Å². The number of sulfonamides is 1. The lowest BCUT2D eigenvalue weighted by atomic mass is 10.1. The number of rotatable bonds is 6. The summed E-state index contributed by atoms with van der Waals surface area (Å²) < 4.78 is 27.0. The van der Waals surface area contributed by atoms with E-state index >= 15 is 0 Å². The third-order valence-corrected chi connectivity index (χ3v) is 4.41. The molecule has 1 aromatic heterocycles. The van der Waals surface area contributed by atoms with Gasteiger partial charge in [-0.25, -0.2) is 23.1 Å². The first kappa shape index (κ1) is 17.9. The molecule has 1 amide bonds. The number of nitrogens with one attached hydrogen (secondary N) is 2. The van der Waals surface area contributed by atoms with Crippen LogP contribution in [0.15, 0.2) is 41.4 Å². The zero-order valence-corrected chi connectivity index (χ0v) is 14.6. The van der Waals surface area contributed by atoms with Gasteiger partial charge in [0.2, 0.25) is 11.9 Å². The lowest BCUT2D eigenvalue weighted by Crippen LogP contribution is -2.16. The highest BCUT2D eigenvalue weighted by molar-refractivity contribution is 7.92. The van der Waals surface area contributed by atoms with Crippen molar-refractivity contribution in [2.24, 2.45) is 5.92 Å². The second kappa shape index (κ2) is 7.39. The fourth-order valence-electron chi connectivity index (χ4n) is 1.98. The molecule has 0 saturated heterocycles. The summed E-state index contributed by atoms with van der Waals surface area (Å²) in [5, 5.41) is 2.73. The maximum Gasteiger partial charge on any atom is 0.264 e. The van der Waals surface area contributed by atoms with Gasteiger partial charge in [0.25, 0.3) is 10.0 Å². The highest BCUT2D eigenvalue weighted by Crippen LogP contribution is 2.17. The Bertz CT molecular complexity index is 817. The number of carbonyl (C=O) groups excluding carboxylic acids is 1. The van der Waals surface area contributed by atoms with Crippen LogP contribution in [0.2, 0.25) is 0 Å². The molecule has 24 heavy (non-hydrogen) atoms. The van der Waals surface area contributed by atoms with Crippen molar-refractivity contribution in [3.8, 4) is 0 Å². The first-order valence-electron chi connectivity index (χ1n) is 7.48. The van der Waals surface area contributed by atoms with E-state index in [1.807, 2.05) is 13.8 Å². The van der Waals surface area contributed by atoms with E-state index in [2.05, 4.69) is 20.0 Å². The van der Waals surface area contributed by atoms with Gasteiger partial charge in [-0.05, 0) is 43.2 Å². The third kappa shape index (κ3) is 5.02. The van der Waals surface area contributed by atoms with Crippen LogP contribution in [0.3, 0.4) is 0 Å². The van der Waals surface area contributed by atoms with Crippen molar-refractivity contribution in [3.05, 3.63) is 42.2 Å². The molecule has 8 heteroatoms. The summed E-state index contributed by atoms with van der Waals surface area (Å²) in [5.41, 5.74) is 1.21. The number of aryl methyl sites for hydroxylation is 1. The number of nitrogens with zero attached hydrogens (tertiary/aromatic N) is 2. The molecule has 0 radical (unpaired) electrons. The van der Waals surface area contributed by atoms with Crippen LogP contribution in [-0.4, -0.2) is 24.3 Å². The van der Waals surface area contributed by atoms with Crippen LogP contribution in [-0.2, 0) is 14.8 Å². The molecule has 2 rings (SSSR count). The van der Waals surface area contributed by atoms with E-state index in [1.165, 1.54) is 18.3 Å². The van der Waals surface area contributed by atoms with Gasteiger partial charge in [-0.1, -0.05) is 13.8 Å². The lowest BCUT2D eigenvalue weighted by molar-refractivity contribution is -0.116. The highest BCUT2D eigenvalue weighted by atomic mass is 32.2. The standard InChI is InChI=1S/C16H20N4O3S/c1-11(2)10-15(21)19-13-4-6-14(7-5-13)24(22,23)20-16-17-9-8-12(3)18-16/h4-9,11H,10H2,1-3H3,(H,19,21)(H,17,18,20). The number of carbonyl (C=O) groups is 1. The van der Waals surface area contributed by atoms with Gasteiger partial charge in [-0.2, -0.15) is 0 Å². The first-order chi connectivity index (χ1) is 11.3. The molecular weight excluding hydrogens is 328 g/mol. The van der Waals surface area contributed by atoms with Crippen LogP contribution < -0.4 is 10.0 Å². The maximum absolute atomic E-state index is 12.3. The molecular formula is C16H20N4O3S. The summed E-state index contributed by atoms with van der Waals surface area (Å²) in [7, 11) is -3.78. The molecule has 0 aliphatic rings. The number of aromatic nitrogens is 2. The smallest absolute Gasteiger partial charge is 0.264 e. The molecule has 0 unspecified atom stereocenters. The van der Waals surface area contributed by atoms with Gasteiger partial charge in [0.15, 0.2) is 0 Å². The zero-order chi connectivity index (χ0) is 17.7. The second-order valence-electron chi connectivity index (χ2n) is 5.80. The van der Waals surface area contributed by atoms with Crippen LogP contribution in [0.25, 0.3) is 0 Å². The molecule has 0 saturated carbocycles. The van der Waals surface area contributed by atoms with Crippen molar-refractivity contribution in [1.82, 2.24) is 9.97 Å². The van der Waals surface area contributed by atoms with Crippen LogP contribution in [0, 0.1) is 12.8 Å². The first-order valence-corrected chi connectivity index (χ1v) is 8.97. The minimum absolute atomic E-state index is 0.0179. The Kier molecular flexibility index (Phi) is 5.50. The van der Waals surface area contributed by atoms with Crippen molar-refractivity contribution < 1.29 is 13.2 Å². The van der Waals surface area contributed by atoms with Crippen LogP contribution in [0.1, 0.15) is 26.0 Å². The van der Waals surface area contributed by atoms with E-state index in [0.717, 1.165) is 0 Å². The molecule has 0 spiro atoms. The van der Waals surface area contributed by atoms with Gasteiger partial charge in [-0.3, -0.25) is 4.79 Å². The zero-order valence-electron chi connectivity index (χ0n) is 13.8. The van der Waals surface area contributed by atoms with Gasteiger partial charge in [-0.15, -0.1) is 0 Å². The van der Waals surface area contributed by atoms with Gasteiger partial charge < -0.3 is 5.32 Å². The van der Waals surface area contributed by atoms with Crippen LogP contribution in [0.5, 0.6) is 0 Å². The number of amides is 1. The molecule has 2 aromatic rings. The summed E-state index contributed by atoms with van der Waals surface area (Å²) in [5.74, 6) is 0.166. The van der Waals surface area contributed by atoms with Crippen molar-refractivity contribution in [3.63, 3.8) is 0 Å². The molecule has 1 heterocycles. The Hall–Kier alpha value is -2.48. The summed E-state index contributed by atoms with van der Waals surface area (Å²) in [6, 6.07) is 7.60. The number of benzene rings is 1. The molecule has 128 valence electrons. The van der Waals surface area contributed by atoms with E-state index in [9.17, 15) is 13.2 Å². The Morgan fingerprint density at radius 2 is 1.83 bits per heavy atom. The summed E-state index contributed by atoms with van der Waals surface area (Å²) >= 11 is 0. The fraction of sp³-hybridized carbons (Fsp3) is 0.312. The van der Waals surface area contributed by atoms with Crippen molar-refractivity contribution in [2.45, 2.75) is 32.1 Å². The van der Waals surface area contributed by atoms with Gasteiger partial charge in [0.05, 0.1) is 4.90 Å².